The van der Waals surface area contributed by atoms with Crippen LogP contribution in [0.15, 0.2) is 16.7 Å². The number of unbranched alkanes of at least 4 members (excludes halogenated alkanes) is 7. The first kappa shape index (κ1) is 16.6. The molecule has 1 aromatic heterocycles. The first-order valence-corrected chi connectivity index (χ1v) is 8.07. The molecule has 0 fully saturated rings. The van der Waals surface area contributed by atoms with E-state index in [1.807, 2.05) is 13.1 Å². The van der Waals surface area contributed by atoms with Crippen LogP contribution in [0.3, 0.4) is 0 Å². The van der Waals surface area contributed by atoms with Crippen molar-refractivity contribution in [2.24, 2.45) is 0 Å². The van der Waals surface area contributed by atoms with E-state index in [0.717, 1.165) is 12.0 Å². The van der Waals surface area contributed by atoms with Gasteiger partial charge in [-0.3, -0.25) is 0 Å². The average Bonchev–Trinajstić information content (AvgIpc) is 2.83. The highest BCUT2D eigenvalue weighted by atomic mass is 35.5. The molecular weight excluding hydrogens is 258 g/mol. The monoisotopic (exact) mass is 285 g/mol. The normalized spacial score (nSPS) is 12.8. The summed E-state index contributed by atoms with van der Waals surface area (Å²) in [5, 5.41) is 3.85. The summed E-state index contributed by atoms with van der Waals surface area (Å²) in [6.07, 6.45) is 13.6. The lowest BCUT2D eigenvalue weighted by Crippen LogP contribution is -2.15. The van der Waals surface area contributed by atoms with Crippen molar-refractivity contribution >= 4 is 11.6 Å². The van der Waals surface area contributed by atoms with Gasteiger partial charge in [0.15, 0.2) is 5.22 Å². The fourth-order valence-electron chi connectivity index (χ4n) is 2.49. The molecule has 1 aromatic rings. The van der Waals surface area contributed by atoms with Crippen molar-refractivity contribution in [3.63, 3.8) is 0 Å². The molecule has 0 amide bonds. The lowest BCUT2D eigenvalue weighted by atomic mass is 10.0. The van der Waals surface area contributed by atoms with Crippen LogP contribution in [0.25, 0.3) is 0 Å². The predicted octanol–water partition coefficient (Wildman–Crippen LogP) is 5.72. The zero-order valence-electron chi connectivity index (χ0n) is 12.4. The van der Waals surface area contributed by atoms with Gasteiger partial charge in [0.2, 0.25) is 0 Å². The maximum Gasteiger partial charge on any atom is 0.197 e. The molecule has 1 N–H and O–H groups in total. The van der Waals surface area contributed by atoms with Crippen LogP contribution in [0.4, 0.5) is 0 Å². The maximum atomic E-state index is 6.02. The third kappa shape index (κ3) is 6.49. The van der Waals surface area contributed by atoms with Crippen LogP contribution in [-0.2, 0) is 0 Å². The number of halogens is 1. The first-order valence-electron chi connectivity index (χ1n) is 7.69. The van der Waals surface area contributed by atoms with Gasteiger partial charge in [-0.25, -0.2) is 0 Å². The molecule has 110 valence electrons. The highest BCUT2D eigenvalue weighted by Crippen LogP contribution is 2.27. The summed E-state index contributed by atoms with van der Waals surface area (Å²) in [7, 11) is 1.98. The van der Waals surface area contributed by atoms with Crippen LogP contribution in [0.5, 0.6) is 0 Å². The van der Waals surface area contributed by atoms with E-state index in [0.29, 0.717) is 11.3 Å². The van der Waals surface area contributed by atoms with Gasteiger partial charge in [0.1, 0.15) is 0 Å². The van der Waals surface area contributed by atoms with Gasteiger partial charge < -0.3 is 9.73 Å². The summed E-state index contributed by atoms with van der Waals surface area (Å²) >= 11 is 6.02. The Hall–Kier alpha value is -0.470. The van der Waals surface area contributed by atoms with Gasteiger partial charge in [0, 0.05) is 11.6 Å². The van der Waals surface area contributed by atoms with Crippen LogP contribution in [-0.4, -0.2) is 7.05 Å². The molecule has 1 heterocycles. The fourth-order valence-corrected chi connectivity index (χ4v) is 2.74. The molecule has 0 aliphatic carbocycles. The molecule has 3 heteroatoms. The zero-order valence-corrected chi connectivity index (χ0v) is 13.1. The topological polar surface area (TPSA) is 25.2 Å². The summed E-state index contributed by atoms with van der Waals surface area (Å²) in [5.41, 5.74) is 1.09. The van der Waals surface area contributed by atoms with Gasteiger partial charge >= 0.3 is 0 Å². The number of hydrogen-bond acceptors (Lipinski definition) is 2. The zero-order chi connectivity index (χ0) is 13.9. The molecule has 1 unspecified atom stereocenters. The molecule has 0 aliphatic heterocycles. The predicted molar refractivity (Wildman–Crippen MR) is 82.7 cm³/mol. The number of rotatable bonds is 11. The van der Waals surface area contributed by atoms with Crippen molar-refractivity contribution in [3.05, 3.63) is 23.1 Å². The molecule has 19 heavy (non-hydrogen) atoms. The fraction of sp³-hybridized carbons (Fsp3) is 0.750. The number of hydrogen-bond donors (Lipinski definition) is 1. The van der Waals surface area contributed by atoms with Gasteiger partial charge in [-0.2, -0.15) is 0 Å². The summed E-state index contributed by atoms with van der Waals surface area (Å²) in [4.78, 5) is 0. The van der Waals surface area contributed by atoms with Gasteiger partial charge in [-0.1, -0.05) is 58.3 Å². The highest BCUT2D eigenvalue weighted by Gasteiger charge is 2.14. The molecule has 0 aromatic carbocycles. The van der Waals surface area contributed by atoms with E-state index in [9.17, 15) is 0 Å². The van der Waals surface area contributed by atoms with Crippen LogP contribution in [0.2, 0.25) is 5.22 Å². The molecule has 0 saturated heterocycles. The first-order chi connectivity index (χ1) is 9.29. The summed E-state index contributed by atoms with van der Waals surface area (Å²) in [5.74, 6) is 0. The minimum atomic E-state index is 0.325. The van der Waals surface area contributed by atoms with Crippen molar-refractivity contribution in [2.45, 2.75) is 70.8 Å². The van der Waals surface area contributed by atoms with Gasteiger partial charge in [-0.15, -0.1) is 0 Å². The maximum absolute atomic E-state index is 6.02. The third-order valence-corrected chi connectivity index (χ3v) is 4.02. The molecule has 0 saturated carbocycles. The Balaban J connectivity index is 2.09. The van der Waals surface area contributed by atoms with E-state index >= 15 is 0 Å². The lowest BCUT2D eigenvalue weighted by Gasteiger charge is -2.14. The average molecular weight is 286 g/mol. The van der Waals surface area contributed by atoms with Crippen molar-refractivity contribution in [1.29, 1.82) is 0 Å². The summed E-state index contributed by atoms with van der Waals surface area (Å²) in [6.45, 7) is 2.26. The largest absolute Gasteiger partial charge is 0.453 e. The van der Waals surface area contributed by atoms with E-state index in [1.165, 1.54) is 51.4 Å². The highest BCUT2D eigenvalue weighted by molar-refractivity contribution is 6.29. The van der Waals surface area contributed by atoms with E-state index in [1.54, 1.807) is 6.26 Å². The Morgan fingerprint density at radius 3 is 2.26 bits per heavy atom. The smallest absolute Gasteiger partial charge is 0.197 e. The van der Waals surface area contributed by atoms with Crippen LogP contribution in [0.1, 0.15) is 76.3 Å². The third-order valence-electron chi connectivity index (χ3n) is 3.72. The molecule has 0 bridgehead atoms. The summed E-state index contributed by atoms with van der Waals surface area (Å²) < 4.78 is 5.16. The number of furan rings is 1. The Morgan fingerprint density at radius 2 is 1.74 bits per heavy atom. The molecule has 1 rings (SSSR count). The molecule has 1 atom stereocenters. The minimum Gasteiger partial charge on any atom is -0.453 e. The Labute approximate surface area is 122 Å². The minimum absolute atomic E-state index is 0.325. The SMILES string of the molecule is CCCCCCCCCCC(NC)c1ccoc1Cl. The van der Waals surface area contributed by atoms with E-state index in [4.69, 9.17) is 16.0 Å². The summed E-state index contributed by atoms with van der Waals surface area (Å²) in [6, 6.07) is 2.29. The molecule has 0 spiro atoms. The van der Waals surface area contributed by atoms with Crippen LogP contribution >= 0.6 is 11.6 Å². The van der Waals surface area contributed by atoms with Crippen molar-refractivity contribution in [3.8, 4) is 0 Å². The van der Waals surface area contributed by atoms with E-state index in [2.05, 4.69) is 12.2 Å². The van der Waals surface area contributed by atoms with Crippen molar-refractivity contribution in [1.82, 2.24) is 5.32 Å². The van der Waals surface area contributed by atoms with Gasteiger partial charge in [0.25, 0.3) is 0 Å². The van der Waals surface area contributed by atoms with Gasteiger partial charge in [0.05, 0.1) is 6.26 Å². The van der Waals surface area contributed by atoms with E-state index in [-0.39, 0.29) is 0 Å². The Kier molecular flexibility index (Phi) is 9.02. The molecular formula is C16H28ClNO. The van der Waals surface area contributed by atoms with Gasteiger partial charge in [-0.05, 0) is 31.1 Å². The van der Waals surface area contributed by atoms with Crippen molar-refractivity contribution in [2.75, 3.05) is 7.05 Å². The van der Waals surface area contributed by atoms with Crippen molar-refractivity contribution < 1.29 is 4.42 Å². The quantitative estimate of drug-likeness (QED) is 0.526. The number of nitrogens with one attached hydrogen (secondary N) is 1. The second-order valence-corrected chi connectivity index (χ2v) is 5.60. The lowest BCUT2D eigenvalue weighted by molar-refractivity contribution is 0.487. The molecule has 0 aliphatic rings. The standard InChI is InChI=1S/C16H28ClNO/c1-3-4-5-6-7-8-9-10-11-15(18-2)14-12-13-19-16(14)17/h12-13,15,18H,3-11H2,1-2H3. The second-order valence-electron chi connectivity index (χ2n) is 5.25. The van der Waals surface area contributed by atoms with E-state index < -0.39 is 0 Å². The molecule has 2 nitrogen and oxygen atoms in total. The second kappa shape index (κ2) is 10.3. The van der Waals surface area contributed by atoms with Crippen LogP contribution in [0, 0.1) is 0 Å². The van der Waals surface area contributed by atoms with Crippen LogP contribution < -0.4 is 5.32 Å². The Bertz CT molecular complexity index is 324. The molecule has 0 radical (unpaired) electrons. The Morgan fingerprint density at radius 1 is 1.11 bits per heavy atom.